The number of nitrogens with one attached hydrogen (secondary N) is 2. The van der Waals surface area contributed by atoms with E-state index in [0.29, 0.717) is 31.5 Å². The summed E-state index contributed by atoms with van der Waals surface area (Å²) in [5.74, 6) is 0.654. The second kappa shape index (κ2) is 8.45. The zero-order valence-corrected chi connectivity index (χ0v) is 11.7. The molecule has 3 unspecified atom stereocenters. The maximum absolute atomic E-state index is 11.8. The van der Waals surface area contributed by atoms with Gasteiger partial charge in [0.05, 0.1) is 12.7 Å². The maximum Gasteiger partial charge on any atom is 0.221 e. The average Bonchev–Trinajstić information content (AvgIpc) is 2.37. The molecule has 2 N–H and O–H groups in total. The molecule has 1 amide bonds. The first-order chi connectivity index (χ1) is 8.67. The van der Waals surface area contributed by atoms with Crippen LogP contribution in [0, 0.1) is 5.92 Å². The number of hydrogen-bond donors (Lipinski definition) is 2. The lowest BCUT2D eigenvalue weighted by Crippen LogP contribution is -2.44. The quantitative estimate of drug-likeness (QED) is 0.700. The summed E-state index contributed by atoms with van der Waals surface area (Å²) in [7, 11) is 3.25. The van der Waals surface area contributed by atoms with Crippen LogP contribution in [0.2, 0.25) is 0 Å². The highest BCUT2D eigenvalue weighted by Gasteiger charge is 2.23. The SMILES string of the molecule is COCC(CNC(=O)CC1NCCCC1C)OC. The van der Waals surface area contributed by atoms with E-state index in [-0.39, 0.29) is 12.0 Å². The van der Waals surface area contributed by atoms with Crippen LogP contribution in [0.1, 0.15) is 26.2 Å². The highest BCUT2D eigenvalue weighted by molar-refractivity contribution is 5.76. The molecule has 0 spiro atoms. The van der Waals surface area contributed by atoms with Crippen molar-refractivity contribution in [1.29, 1.82) is 0 Å². The van der Waals surface area contributed by atoms with Gasteiger partial charge in [0.15, 0.2) is 0 Å². The van der Waals surface area contributed by atoms with Gasteiger partial charge in [-0.15, -0.1) is 0 Å². The normalized spacial score (nSPS) is 25.7. The zero-order valence-electron chi connectivity index (χ0n) is 11.7. The fourth-order valence-corrected chi connectivity index (χ4v) is 2.28. The van der Waals surface area contributed by atoms with Crippen LogP contribution in [0.3, 0.4) is 0 Å². The lowest BCUT2D eigenvalue weighted by molar-refractivity contribution is -0.122. The molecule has 0 saturated carbocycles. The van der Waals surface area contributed by atoms with Crippen LogP contribution in [0.5, 0.6) is 0 Å². The van der Waals surface area contributed by atoms with Crippen molar-refractivity contribution < 1.29 is 14.3 Å². The fraction of sp³-hybridized carbons (Fsp3) is 0.923. The van der Waals surface area contributed by atoms with Gasteiger partial charge in [-0.2, -0.15) is 0 Å². The molecule has 1 rings (SSSR count). The minimum absolute atomic E-state index is 0.0734. The summed E-state index contributed by atoms with van der Waals surface area (Å²) in [5, 5.41) is 6.31. The molecule has 5 heteroatoms. The van der Waals surface area contributed by atoms with Crippen molar-refractivity contribution >= 4 is 5.91 Å². The van der Waals surface area contributed by atoms with E-state index in [4.69, 9.17) is 9.47 Å². The highest BCUT2D eigenvalue weighted by Crippen LogP contribution is 2.17. The van der Waals surface area contributed by atoms with E-state index in [9.17, 15) is 4.79 Å². The van der Waals surface area contributed by atoms with Crippen LogP contribution in [0.15, 0.2) is 0 Å². The molecule has 1 fully saturated rings. The Morgan fingerprint density at radius 3 is 2.89 bits per heavy atom. The molecular weight excluding hydrogens is 232 g/mol. The monoisotopic (exact) mass is 258 g/mol. The third-order valence-corrected chi connectivity index (χ3v) is 3.55. The van der Waals surface area contributed by atoms with E-state index in [0.717, 1.165) is 6.54 Å². The van der Waals surface area contributed by atoms with E-state index in [2.05, 4.69) is 17.6 Å². The summed E-state index contributed by atoms with van der Waals surface area (Å²) in [4.78, 5) is 11.8. The van der Waals surface area contributed by atoms with E-state index < -0.39 is 0 Å². The fourth-order valence-electron chi connectivity index (χ4n) is 2.28. The summed E-state index contributed by atoms with van der Waals surface area (Å²) in [5.41, 5.74) is 0. The Morgan fingerprint density at radius 1 is 1.50 bits per heavy atom. The number of rotatable bonds is 7. The standard InChI is InChI=1S/C13H26N2O3/c1-10-5-4-6-14-12(10)7-13(16)15-8-11(18-3)9-17-2/h10-12,14H,4-9H2,1-3H3,(H,15,16). The number of methoxy groups -OCH3 is 2. The summed E-state index contributed by atoms with van der Waals surface area (Å²) >= 11 is 0. The van der Waals surface area contributed by atoms with Crippen LogP contribution < -0.4 is 10.6 Å². The van der Waals surface area contributed by atoms with Gasteiger partial charge in [0, 0.05) is 33.2 Å². The van der Waals surface area contributed by atoms with Crippen molar-refractivity contribution in [3.8, 4) is 0 Å². The van der Waals surface area contributed by atoms with E-state index in [1.54, 1.807) is 14.2 Å². The average molecular weight is 258 g/mol. The first-order valence-electron chi connectivity index (χ1n) is 6.69. The van der Waals surface area contributed by atoms with E-state index in [1.807, 2.05) is 0 Å². The number of carbonyl (C=O) groups is 1. The Labute approximate surface area is 110 Å². The number of amides is 1. The third kappa shape index (κ3) is 5.33. The Balaban J connectivity index is 2.23. The molecule has 18 heavy (non-hydrogen) atoms. The van der Waals surface area contributed by atoms with Gasteiger partial charge in [-0.25, -0.2) is 0 Å². The summed E-state index contributed by atoms with van der Waals surface area (Å²) in [6.45, 7) is 4.22. The van der Waals surface area contributed by atoms with Gasteiger partial charge in [-0.05, 0) is 25.3 Å². The first-order valence-corrected chi connectivity index (χ1v) is 6.69. The summed E-state index contributed by atoms with van der Waals surface area (Å²) < 4.78 is 10.2. The molecule has 0 aliphatic carbocycles. The van der Waals surface area contributed by atoms with Crippen LogP contribution in [-0.2, 0) is 14.3 Å². The molecule has 3 atom stereocenters. The molecule has 0 radical (unpaired) electrons. The minimum Gasteiger partial charge on any atom is -0.382 e. The van der Waals surface area contributed by atoms with Crippen molar-refractivity contribution in [2.45, 2.75) is 38.3 Å². The maximum atomic E-state index is 11.8. The molecule has 5 nitrogen and oxygen atoms in total. The molecule has 0 aromatic rings. The molecule has 0 bridgehead atoms. The van der Waals surface area contributed by atoms with Gasteiger partial charge >= 0.3 is 0 Å². The molecule has 1 aliphatic heterocycles. The van der Waals surface area contributed by atoms with Gasteiger partial charge in [0.1, 0.15) is 0 Å². The first kappa shape index (κ1) is 15.4. The predicted molar refractivity (Wildman–Crippen MR) is 70.5 cm³/mol. The van der Waals surface area contributed by atoms with Crippen molar-refractivity contribution in [2.24, 2.45) is 5.92 Å². The third-order valence-electron chi connectivity index (χ3n) is 3.55. The number of ether oxygens (including phenoxy) is 2. The summed E-state index contributed by atoms with van der Waals surface area (Å²) in [6, 6.07) is 0.308. The smallest absolute Gasteiger partial charge is 0.221 e. The largest absolute Gasteiger partial charge is 0.382 e. The number of carbonyl (C=O) groups excluding carboxylic acids is 1. The van der Waals surface area contributed by atoms with Gasteiger partial charge in [0.25, 0.3) is 0 Å². The van der Waals surface area contributed by atoms with Crippen molar-refractivity contribution in [2.75, 3.05) is 33.9 Å². The number of hydrogen-bond acceptors (Lipinski definition) is 4. The van der Waals surface area contributed by atoms with Crippen LogP contribution in [0.25, 0.3) is 0 Å². The van der Waals surface area contributed by atoms with Crippen molar-refractivity contribution in [1.82, 2.24) is 10.6 Å². The van der Waals surface area contributed by atoms with Gasteiger partial charge in [0.2, 0.25) is 5.91 Å². The lowest BCUT2D eigenvalue weighted by Gasteiger charge is -2.29. The van der Waals surface area contributed by atoms with Crippen LogP contribution in [-0.4, -0.2) is 52.0 Å². The van der Waals surface area contributed by atoms with Crippen molar-refractivity contribution in [3.63, 3.8) is 0 Å². The zero-order chi connectivity index (χ0) is 13.4. The van der Waals surface area contributed by atoms with Gasteiger partial charge in [-0.1, -0.05) is 6.92 Å². The Morgan fingerprint density at radius 2 is 2.28 bits per heavy atom. The highest BCUT2D eigenvalue weighted by atomic mass is 16.5. The Kier molecular flexibility index (Phi) is 7.23. The van der Waals surface area contributed by atoms with E-state index >= 15 is 0 Å². The van der Waals surface area contributed by atoms with E-state index in [1.165, 1.54) is 12.8 Å². The van der Waals surface area contributed by atoms with Gasteiger partial charge in [-0.3, -0.25) is 4.79 Å². The summed E-state index contributed by atoms with van der Waals surface area (Å²) in [6.07, 6.45) is 2.88. The second-order valence-electron chi connectivity index (χ2n) is 5.00. The lowest BCUT2D eigenvalue weighted by atomic mass is 9.90. The molecule has 0 aromatic carbocycles. The van der Waals surface area contributed by atoms with Crippen LogP contribution >= 0.6 is 0 Å². The Bertz CT molecular complexity index is 248. The molecule has 1 aliphatic rings. The Hall–Kier alpha value is -0.650. The molecule has 0 aromatic heterocycles. The molecule has 106 valence electrons. The molecule has 1 heterocycles. The predicted octanol–water partition coefficient (Wildman–Crippen LogP) is 0.542. The van der Waals surface area contributed by atoms with Crippen LogP contribution in [0.4, 0.5) is 0 Å². The molecule has 1 saturated heterocycles. The van der Waals surface area contributed by atoms with Gasteiger partial charge < -0.3 is 20.1 Å². The number of piperidine rings is 1. The second-order valence-corrected chi connectivity index (χ2v) is 5.00. The topological polar surface area (TPSA) is 59.6 Å². The molecular formula is C13H26N2O3. The minimum atomic E-state index is -0.0734. The van der Waals surface area contributed by atoms with Crippen molar-refractivity contribution in [3.05, 3.63) is 0 Å².